The number of hydrogen-bond acceptors (Lipinski definition) is 4. The Bertz CT molecular complexity index is 383. The average Bonchev–Trinajstić information content (AvgIpc) is 2.03. The molecule has 1 unspecified atom stereocenters. The molecule has 0 bridgehead atoms. The Balaban J connectivity index is 0.000000364. The van der Waals surface area contributed by atoms with E-state index in [0.29, 0.717) is 4.90 Å². The van der Waals surface area contributed by atoms with Gasteiger partial charge in [0.15, 0.2) is 9.84 Å². The van der Waals surface area contributed by atoms with Gasteiger partial charge in [0.05, 0.1) is 4.90 Å². The van der Waals surface area contributed by atoms with E-state index in [2.05, 4.69) is 5.14 Å². The van der Waals surface area contributed by atoms with Crippen LogP contribution in [-0.4, -0.2) is 23.4 Å². The Kier molecular flexibility index (Phi) is 5.55. The van der Waals surface area contributed by atoms with Crippen molar-refractivity contribution in [2.24, 2.45) is 5.14 Å². The number of rotatable bonds is 1. The molecule has 0 spiro atoms. The fourth-order valence-electron chi connectivity index (χ4n) is 0.668. The van der Waals surface area contributed by atoms with Crippen LogP contribution in [0.4, 0.5) is 0 Å². The van der Waals surface area contributed by atoms with E-state index in [0.717, 1.165) is 0 Å². The maximum absolute atomic E-state index is 10.8. The van der Waals surface area contributed by atoms with E-state index in [1.54, 1.807) is 30.3 Å². The molecule has 0 aromatic heterocycles. The lowest BCUT2D eigenvalue weighted by atomic mass is 10.4. The Labute approximate surface area is 85.3 Å². The number of hydrogen-bond donors (Lipinski definition) is 1. The second kappa shape index (κ2) is 5.86. The number of nitrogens with two attached hydrogens (primary N) is 1. The van der Waals surface area contributed by atoms with Crippen molar-refractivity contribution in [3.63, 3.8) is 0 Å². The topological polar surface area (TPSA) is 100 Å². The molecule has 1 atom stereocenters. The summed E-state index contributed by atoms with van der Waals surface area (Å²) in [6.45, 7) is 0. The van der Waals surface area contributed by atoms with E-state index >= 15 is 0 Å². The smallest absolute Gasteiger partial charge is 0.175 e. The SMILES string of the molecule is CS(=O)(=O)c1ccccc1.NS(=O)[O-]. The normalized spacial score (nSPS) is 12.5. The predicted molar refractivity (Wildman–Crippen MR) is 52.7 cm³/mol. The molecule has 0 radical (unpaired) electrons. The minimum Gasteiger partial charge on any atom is -0.760 e. The van der Waals surface area contributed by atoms with Crippen molar-refractivity contribution in [1.29, 1.82) is 0 Å². The van der Waals surface area contributed by atoms with Gasteiger partial charge in [-0.3, -0.25) is 9.35 Å². The zero-order chi connectivity index (χ0) is 11.2. The molecule has 0 amide bonds. The van der Waals surface area contributed by atoms with E-state index in [1.165, 1.54) is 6.26 Å². The first-order valence-electron chi connectivity index (χ1n) is 3.43. The molecular formula is C7H10NO4S2-. The predicted octanol–water partition coefficient (Wildman–Crippen LogP) is -0.171. The van der Waals surface area contributed by atoms with Crippen molar-refractivity contribution in [3.8, 4) is 0 Å². The van der Waals surface area contributed by atoms with Crippen LogP contribution in [0.15, 0.2) is 35.2 Å². The van der Waals surface area contributed by atoms with Gasteiger partial charge in [-0.05, 0) is 12.1 Å². The minimum absolute atomic E-state index is 0.370. The Morgan fingerprint density at radius 3 is 1.86 bits per heavy atom. The van der Waals surface area contributed by atoms with Gasteiger partial charge in [-0.2, -0.15) is 0 Å². The highest BCUT2D eigenvalue weighted by atomic mass is 32.2. The molecule has 0 aliphatic carbocycles. The number of sulfone groups is 1. The van der Waals surface area contributed by atoms with Crippen LogP contribution >= 0.6 is 0 Å². The third-order valence-corrected chi connectivity index (χ3v) is 2.30. The molecule has 1 aromatic carbocycles. The van der Waals surface area contributed by atoms with E-state index in [9.17, 15) is 8.42 Å². The van der Waals surface area contributed by atoms with Crippen molar-refractivity contribution in [2.75, 3.05) is 6.26 Å². The van der Waals surface area contributed by atoms with Gasteiger partial charge < -0.3 is 4.55 Å². The highest BCUT2D eigenvalue weighted by molar-refractivity contribution is 7.90. The molecule has 14 heavy (non-hydrogen) atoms. The van der Waals surface area contributed by atoms with E-state index in [-0.39, 0.29) is 0 Å². The van der Waals surface area contributed by atoms with Crippen LogP contribution in [0.3, 0.4) is 0 Å². The van der Waals surface area contributed by atoms with Gasteiger partial charge in [-0.1, -0.05) is 18.2 Å². The molecule has 0 fully saturated rings. The molecule has 0 aliphatic heterocycles. The van der Waals surface area contributed by atoms with Crippen LogP contribution in [0.1, 0.15) is 0 Å². The van der Waals surface area contributed by atoms with E-state index in [1.807, 2.05) is 0 Å². The molecule has 1 aromatic rings. The molecule has 0 aliphatic rings. The summed E-state index contributed by atoms with van der Waals surface area (Å²) in [5.74, 6) is 0. The molecule has 1 rings (SSSR count). The standard InChI is InChI=1S/C7H8O2S.H3NO2S/c1-10(8,9)7-5-3-2-4-6-7;1-4(2)3/h2-6H,1H3;1H2,(H,2,3)/p-1. The summed E-state index contributed by atoms with van der Waals surface area (Å²) < 4.78 is 39.2. The lowest BCUT2D eigenvalue weighted by molar-refractivity contribution is 0.538. The first kappa shape index (κ1) is 13.2. The molecule has 0 saturated carbocycles. The van der Waals surface area contributed by atoms with Gasteiger partial charge in [0, 0.05) is 17.5 Å². The van der Waals surface area contributed by atoms with Crippen LogP contribution in [-0.2, 0) is 21.1 Å². The van der Waals surface area contributed by atoms with Crippen LogP contribution in [0.2, 0.25) is 0 Å². The second-order valence-corrected chi connectivity index (χ2v) is 4.88. The van der Waals surface area contributed by atoms with Crippen molar-refractivity contribution in [1.82, 2.24) is 0 Å². The molecule has 0 heterocycles. The second-order valence-electron chi connectivity index (χ2n) is 2.35. The average molecular weight is 236 g/mol. The van der Waals surface area contributed by atoms with Crippen LogP contribution in [0.25, 0.3) is 0 Å². The molecule has 2 N–H and O–H groups in total. The summed E-state index contributed by atoms with van der Waals surface area (Å²) in [5.41, 5.74) is 0. The van der Waals surface area contributed by atoms with Crippen molar-refractivity contribution in [2.45, 2.75) is 4.90 Å². The molecule has 0 saturated heterocycles. The summed E-state index contributed by atoms with van der Waals surface area (Å²) in [6, 6.07) is 8.35. The zero-order valence-corrected chi connectivity index (χ0v) is 9.05. The first-order chi connectivity index (χ1) is 6.34. The third kappa shape index (κ3) is 6.72. The summed E-state index contributed by atoms with van der Waals surface area (Å²) in [4.78, 5) is 0.370. The van der Waals surface area contributed by atoms with Gasteiger partial charge in [-0.15, -0.1) is 0 Å². The van der Waals surface area contributed by atoms with Crippen LogP contribution in [0, 0.1) is 0 Å². The lowest BCUT2D eigenvalue weighted by Gasteiger charge is -1.93. The zero-order valence-electron chi connectivity index (χ0n) is 7.41. The van der Waals surface area contributed by atoms with Crippen LogP contribution < -0.4 is 5.14 Å². The maximum atomic E-state index is 10.8. The monoisotopic (exact) mass is 236 g/mol. The Morgan fingerprint density at radius 1 is 1.29 bits per heavy atom. The van der Waals surface area contributed by atoms with Gasteiger partial charge in [0.25, 0.3) is 0 Å². The molecule has 80 valence electrons. The maximum Gasteiger partial charge on any atom is 0.175 e. The van der Waals surface area contributed by atoms with Gasteiger partial charge in [0.2, 0.25) is 0 Å². The van der Waals surface area contributed by atoms with Crippen molar-refractivity contribution < 1.29 is 17.2 Å². The quantitative estimate of drug-likeness (QED) is 0.684. The molecule has 5 nitrogen and oxygen atoms in total. The fourth-order valence-corrected chi connectivity index (χ4v) is 1.32. The van der Waals surface area contributed by atoms with Crippen molar-refractivity contribution >= 4 is 21.1 Å². The number of benzene rings is 1. The Morgan fingerprint density at radius 2 is 1.64 bits per heavy atom. The molecular weight excluding hydrogens is 226 g/mol. The van der Waals surface area contributed by atoms with Crippen LogP contribution in [0.5, 0.6) is 0 Å². The fraction of sp³-hybridized carbons (Fsp3) is 0.143. The Hall–Kier alpha value is -0.760. The van der Waals surface area contributed by atoms with Gasteiger partial charge >= 0.3 is 0 Å². The van der Waals surface area contributed by atoms with Crippen molar-refractivity contribution in [3.05, 3.63) is 30.3 Å². The minimum atomic E-state index is -3.00. The highest BCUT2D eigenvalue weighted by Crippen LogP contribution is 2.05. The van der Waals surface area contributed by atoms with E-state index in [4.69, 9.17) is 8.76 Å². The molecule has 7 heteroatoms. The summed E-state index contributed by atoms with van der Waals surface area (Å²) in [5, 5.41) is 4.03. The highest BCUT2D eigenvalue weighted by Gasteiger charge is 2.02. The largest absolute Gasteiger partial charge is 0.760 e. The van der Waals surface area contributed by atoms with E-state index < -0.39 is 21.1 Å². The third-order valence-electron chi connectivity index (χ3n) is 1.17. The summed E-state index contributed by atoms with van der Waals surface area (Å²) in [7, 11) is -3.00. The van der Waals surface area contributed by atoms with Gasteiger partial charge in [0.1, 0.15) is 0 Å². The lowest BCUT2D eigenvalue weighted by Crippen LogP contribution is -1.97. The first-order valence-corrected chi connectivity index (χ1v) is 6.45. The summed E-state index contributed by atoms with van der Waals surface area (Å²) >= 11 is -2.36. The van der Waals surface area contributed by atoms with Gasteiger partial charge in [-0.25, -0.2) is 8.42 Å². The summed E-state index contributed by atoms with van der Waals surface area (Å²) in [6.07, 6.45) is 1.20.